The molecule has 1 aromatic carbocycles. The van der Waals surface area contributed by atoms with E-state index in [9.17, 15) is 4.79 Å². The largest absolute Gasteiger partial charge is 0.398 e. The average molecular weight is 360 g/mol. The molecular weight excluding hydrogens is 338 g/mol. The second kappa shape index (κ2) is 6.78. The van der Waals surface area contributed by atoms with E-state index < -0.39 is 0 Å². The minimum atomic E-state index is 0.0617. The van der Waals surface area contributed by atoms with Crippen molar-refractivity contribution in [3.05, 3.63) is 41.3 Å². The van der Waals surface area contributed by atoms with Crippen molar-refractivity contribution in [3.8, 4) is 0 Å². The number of rotatable bonds is 4. The highest BCUT2D eigenvalue weighted by atomic mass is 32.2. The maximum Gasteiger partial charge on any atom is 0.261 e. The molecule has 3 aliphatic heterocycles. The number of hydrogen-bond acceptors (Lipinski definition) is 5. The maximum absolute atomic E-state index is 12.6. The molecule has 2 bridgehead atoms. The number of nitrogen functional groups attached to an aromatic ring is 1. The van der Waals surface area contributed by atoms with E-state index in [-0.39, 0.29) is 5.91 Å². The van der Waals surface area contributed by atoms with Gasteiger partial charge in [0.2, 0.25) is 0 Å². The molecule has 1 aromatic heterocycles. The molecule has 4 heterocycles. The summed E-state index contributed by atoms with van der Waals surface area (Å²) in [5.41, 5.74) is 6.77. The van der Waals surface area contributed by atoms with Crippen molar-refractivity contribution in [1.29, 1.82) is 0 Å². The lowest BCUT2D eigenvalue weighted by molar-refractivity contribution is 0.0622. The Bertz CT molecular complexity index is 737. The molecule has 0 saturated carbocycles. The van der Waals surface area contributed by atoms with Crippen molar-refractivity contribution in [1.82, 2.24) is 10.2 Å². The zero-order chi connectivity index (χ0) is 16.5. The molecule has 1 atom stereocenters. The number of benzene rings is 1. The SMILES string of the molecule is Nc1ccccc1Sc1ccc(C(=O)NC2CN3CCC2CC3)s1. The minimum Gasteiger partial charge on any atom is -0.398 e. The molecule has 3 N–H and O–H groups in total. The average Bonchev–Trinajstić information content (AvgIpc) is 3.07. The first kappa shape index (κ1) is 16.0. The summed E-state index contributed by atoms with van der Waals surface area (Å²) in [6.45, 7) is 3.38. The second-order valence-electron chi connectivity index (χ2n) is 6.48. The van der Waals surface area contributed by atoms with E-state index in [0.717, 1.165) is 26.2 Å². The van der Waals surface area contributed by atoms with Crippen molar-refractivity contribution >= 4 is 34.7 Å². The van der Waals surface area contributed by atoms with Crippen LogP contribution in [0.3, 0.4) is 0 Å². The lowest BCUT2D eigenvalue weighted by Gasteiger charge is -2.44. The monoisotopic (exact) mass is 359 g/mol. The zero-order valence-corrected chi connectivity index (χ0v) is 15.0. The van der Waals surface area contributed by atoms with Crippen LogP contribution >= 0.6 is 23.1 Å². The Morgan fingerprint density at radius 1 is 1.21 bits per heavy atom. The summed E-state index contributed by atoms with van der Waals surface area (Å²) in [6.07, 6.45) is 2.42. The number of piperidine rings is 3. The predicted molar refractivity (Wildman–Crippen MR) is 99.7 cm³/mol. The number of nitrogens with two attached hydrogens (primary N) is 1. The fourth-order valence-corrected chi connectivity index (χ4v) is 5.58. The number of nitrogens with zero attached hydrogens (tertiary/aromatic N) is 1. The smallest absolute Gasteiger partial charge is 0.261 e. The molecule has 0 spiro atoms. The summed E-state index contributed by atoms with van der Waals surface area (Å²) < 4.78 is 1.09. The normalized spacial score (nSPS) is 25.6. The van der Waals surface area contributed by atoms with Gasteiger partial charge in [-0.25, -0.2) is 0 Å². The number of carbonyl (C=O) groups is 1. The number of amides is 1. The van der Waals surface area contributed by atoms with Gasteiger partial charge in [0.05, 0.1) is 9.09 Å². The fraction of sp³-hybridized carbons (Fsp3) is 0.389. The number of nitrogens with one attached hydrogen (secondary N) is 1. The zero-order valence-electron chi connectivity index (χ0n) is 13.4. The van der Waals surface area contributed by atoms with E-state index in [1.54, 1.807) is 11.8 Å². The number of carbonyl (C=O) groups excluding carboxylic acids is 1. The van der Waals surface area contributed by atoms with E-state index in [0.29, 0.717) is 12.0 Å². The van der Waals surface area contributed by atoms with Gasteiger partial charge in [0.1, 0.15) is 0 Å². The van der Waals surface area contributed by atoms with Crippen LogP contribution < -0.4 is 11.1 Å². The van der Waals surface area contributed by atoms with Crippen LogP contribution in [0.4, 0.5) is 5.69 Å². The van der Waals surface area contributed by atoms with Gasteiger partial charge in [-0.1, -0.05) is 23.9 Å². The van der Waals surface area contributed by atoms with E-state index in [1.165, 1.54) is 37.3 Å². The molecule has 0 aliphatic carbocycles. The predicted octanol–water partition coefficient (Wildman–Crippen LogP) is 3.31. The highest BCUT2D eigenvalue weighted by Crippen LogP contribution is 2.36. The van der Waals surface area contributed by atoms with Crippen molar-refractivity contribution in [3.63, 3.8) is 0 Å². The Morgan fingerprint density at radius 3 is 2.71 bits per heavy atom. The Morgan fingerprint density at radius 2 is 2.00 bits per heavy atom. The topological polar surface area (TPSA) is 58.4 Å². The van der Waals surface area contributed by atoms with Crippen LogP contribution in [0.2, 0.25) is 0 Å². The highest BCUT2D eigenvalue weighted by molar-refractivity contribution is 8.01. The van der Waals surface area contributed by atoms with Crippen LogP contribution in [-0.4, -0.2) is 36.5 Å². The van der Waals surface area contributed by atoms with Gasteiger partial charge in [-0.3, -0.25) is 4.79 Å². The molecule has 3 aliphatic rings. The van der Waals surface area contributed by atoms with Crippen molar-refractivity contribution in [2.75, 3.05) is 25.4 Å². The van der Waals surface area contributed by atoms with Gasteiger partial charge in [0.25, 0.3) is 5.91 Å². The van der Waals surface area contributed by atoms with Gasteiger partial charge >= 0.3 is 0 Å². The van der Waals surface area contributed by atoms with Crippen molar-refractivity contribution in [2.45, 2.75) is 28.0 Å². The van der Waals surface area contributed by atoms with Crippen molar-refractivity contribution < 1.29 is 4.79 Å². The van der Waals surface area contributed by atoms with Crippen LogP contribution in [0.1, 0.15) is 22.5 Å². The van der Waals surface area contributed by atoms with E-state index in [4.69, 9.17) is 5.73 Å². The van der Waals surface area contributed by atoms with Crippen LogP contribution in [0.5, 0.6) is 0 Å². The molecule has 1 amide bonds. The first-order chi connectivity index (χ1) is 11.7. The molecule has 0 radical (unpaired) electrons. The Balaban J connectivity index is 1.41. The second-order valence-corrected chi connectivity index (χ2v) is 8.90. The molecule has 5 rings (SSSR count). The molecule has 3 fully saturated rings. The summed E-state index contributed by atoms with van der Waals surface area (Å²) in [7, 11) is 0. The Hall–Kier alpha value is -1.50. The number of fused-ring (bicyclic) bond motifs is 3. The van der Waals surface area contributed by atoms with E-state index >= 15 is 0 Å². The van der Waals surface area contributed by atoms with Crippen LogP contribution in [0.15, 0.2) is 45.5 Å². The highest BCUT2D eigenvalue weighted by Gasteiger charge is 2.35. The third kappa shape index (κ3) is 3.31. The lowest BCUT2D eigenvalue weighted by atomic mass is 9.84. The molecule has 1 unspecified atom stereocenters. The van der Waals surface area contributed by atoms with Gasteiger partial charge in [-0.15, -0.1) is 11.3 Å². The van der Waals surface area contributed by atoms with Gasteiger partial charge in [0.15, 0.2) is 0 Å². The number of thiophene rings is 1. The van der Waals surface area contributed by atoms with Crippen LogP contribution in [-0.2, 0) is 0 Å². The summed E-state index contributed by atoms with van der Waals surface area (Å²) in [5.74, 6) is 0.712. The van der Waals surface area contributed by atoms with Gasteiger partial charge in [-0.2, -0.15) is 0 Å². The molecule has 4 nitrogen and oxygen atoms in total. The van der Waals surface area contributed by atoms with Crippen molar-refractivity contribution in [2.24, 2.45) is 5.92 Å². The third-order valence-corrected chi connectivity index (χ3v) is 7.21. The minimum absolute atomic E-state index is 0.0617. The summed E-state index contributed by atoms with van der Waals surface area (Å²) >= 11 is 3.15. The summed E-state index contributed by atoms with van der Waals surface area (Å²) in [6, 6.07) is 12.1. The quantitative estimate of drug-likeness (QED) is 0.823. The molecule has 2 aromatic rings. The molecule has 126 valence electrons. The Kier molecular flexibility index (Phi) is 4.52. The molecule has 6 heteroatoms. The lowest BCUT2D eigenvalue weighted by Crippen LogP contribution is -2.57. The standard InChI is InChI=1S/C18H21N3OS2/c19-13-3-1-2-4-15(13)23-17-6-5-16(24-17)18(22)20-14-11-21-9-7-12(14)8-10-21/h1-6,12,14H,7-11,19H2,(H,20,22). The van der Waals surface area contributed by atoms with E-state index in [2.05, 4.69) is 10.2 Å². The van der Waals surface area contributed by atoms with Crippen LogP contribution in [0, 0.1) is 5.92 Å². The first-order valence-corrected chi connectivity index (χ1v) is 9.98. The van der Waals surface area contributed by atoms with Gasteiger partial charge < -0.3 is 16.0 Å². The molecule has 3 saturated heterocycles. The number of anilines is 1. The summed E-state index contributed by atoms with van der Waals surface area (Å²) in [5, 5.41) is 3.25. The molecule has 24 heavy (non-hydrogen) atoms. The number of para-hydroxylation sites is 1. The van der Waals surface area contributed by atoms with E-state index in [1.807, 2.05) is 36.4 Å². The van der Waals surface area contributed by atoms with Gasteiger partial charge in [0, 0.05) is 23.2 Å². The first-order valence-electron chi connectivity index (χ1n) is 8.34. The maximum atomic E-state index is 12.6. The van der Waals surface area contributed by atoms with Gasteiger partial charge in [-0.05, 0) is 56.1 Å². The van der Waals surface area contributed by atoms with Crippen LogP contribution in [0.25, 0.3) is 0 Å². The Labute approximate surface area is 150 Å². The third-order valence-electron chi connectivity index (χ3n) is 4.91. The molecular formula is C18H21N3OS2. The number of hydrogen-bond donors (Lipinski definition) is 2. The fourth-order valence-electron chi connectivity index (χ4n) is 3.55. The summed E-state index contributed by atoms with van der Waals surface area (Å²) in [4.78, 5) is 16.8.